The van der Waals surface area contributed by atoms with Crippen molar-refractivity contribution in [3.63, 3.8) is 0 Å². The molecule has 9 aromatic carbocycles. The Balaban J connectivity index is 0.000000269. The molecular formula is C97H89Cl4F15N10O21U. The topological polar surface area (TPSA) is 385 Å². The number of aliphatic hydroxyl groups excluding tert-OH is 1. The maximum absolute atomic E-state index is 13.2. The molecule has 2 saturated heterocycles. The zero-order valence-electron chi connectivity index (χ0n) is 78.4. The summed E-state index contributed by atoms with van der Waals surface area (Å²) in [6.45, 7) is 16.2. The number of halogens is 19. The number of hydrazine groups is 1. The molecule has 2 aliphatic heterocycles. The van der Waals surface area contributed by atoms with Crippen LogP contribution < -0.4 is 40.3 Å². The number of nitrogens with zero attached hydrogens (tertiary/aromatic N) is 7. The van der Waals surface area contributed by atoms with Crippen molar-refractivity contribution < 1.29 is 198 Å². The first-order valence-corrected chi connectivity index (χ1v) is 44.4. The van der Waals surface area contributed by atoms with Gasteiger partial charge in [0.05, 0.1) is 93.0 Å². The number of hydrogen-bond acceptors (Lipinski definition) is 26. The van der Waals surface area contributed by atoms with E-state index in [0.717, 1.165) is 61.8 Å². The molecule has 3 aromatic heterocycles. The molecule has 148 heavy (non-hydrogen) atoms. The number of amides is 1. The van der Waals surface area contributed by atoms with Crippen molar-refractivity contribution in [3.05, 3.63) is 291 Å². The average molecular weight is 2400 g/mol. The van der Waals surface area contributed by atoms with Gasteiger partial charge in [-0.25, -0.2) is 38.0 Å². The Bertz CT molecular complexity index is 6450. The van der Waals surface area contributed by atoms with E-state index in [1.807, 2.05) is 19.1 Å². The fourth-order valence-corrected chi connectivity index (χ4v) is 13.1. The third-order valence-corrected chi connectivity index (χ3v) is 19.3. The number of esters is 4. The molecule has 12 aromatic rings. The van der Waals surface area contributed by atoms with Crippen LogP contribution in [-0.2, 0) is 47.6 Å². The summed E-state index contributed by atoms with van der Waals surface area (Å²) in [5.41, 5.74) is 6.97. The number of aliphatic hydroxyl groups is 1. The van der Waals surface area contributed by atoms with E-state index >= 15 is 0 Å². The minimum Gasteiger partial charge on any atom is -0.507 e. The number of ether oxygens (including phenoxy) is 11. The predicted octanol–water partition coefficient (Wildman–Crippen LogP) is 22.1. The van der Waals surface area contributed by atoms with E-state index in [1.54, 1.807) is 129 Å². The molecule has 31 nitrogen and oxygen atoms in total. The number of carboxylic acid groups (broad SMARTS) is 1. The molecule has 0 saturated carbocycles. The minimum atomic E-state index is -4.88. The Morgan fingerprint density at radius 2 is 0.777 bits per heavy atom. The Kier molecular flexibility index (Phi) is 48.6. The third kappa shape index (κ3) is 42.9. The number of anilines is 1. The second-order valence-corrected chi connectivity index (χ2v) is 31.2. The molecule has 0 radical (unpaired) electrons. The second kappa shape index (κ2) is 58.6. The van der Waals surface area contributed by atoms with Crippen LogP contribution in [0.4, 0.5) is 71.5 Å². The van der Waals surface area contributed by atoms with E-state index in [1.165, 1.54) is 113 Å². The van der Waals surface area contributed by atoms with Gasteiger partial charge < -0.3 is 78.0 Å². The molecule has 0 spiro atoms. The molecule has 14 rings (SSSR count). The van der Waals surface area contributed by atoms with Gasteiger partial charge in [0.1, 0.15) is 34.5 Å². The minimum absolute atomic E-state index is 0. The number of rotatable bonds is 23. The van der Waals surface area contributed by atoms with Crippen LogP contribution in [0.5, 0.6) is 28.7 Å². The van der Waals surface area contributed by atoms with Gasteiger partial charge in [0.2, 0.25) is 0 Å². The number of nitrogens with two attached hydrogens (primary N) is 1. The summed E-state index contributed by atoms with van der Waals surface area (Å²) in [5.74, 6) is -4.37. The van der Waals surface area contributed by atoms with E-state index in [4.69, 9.17) is 66.5 Å². The summed E-state index contributed by atoms with van der Waals surface area (Å²) in [5, 5.41) is 36.8. The predicted molar refractivity (Wildman–Crippen MR) is 506 cm³/mol. The molecule has 0 bridgehead atoms. The Labute approximate surface area is 877 Å². The Morgan fingerprint density at radius 3 is 1.12 bits per heavy atom. The number of benzene rings is 9. The van der Waals surface area contributed by atoms with Crippen LogP contribution in [0.3, 0.4) is 0 Å². The second-order valence-electron chi connectivity index (χ2n) is 29.4. The van der Waals surface area contributed by atoms with Gasteiger partial charge >= 0.3 is 61.7 Å². The number of carbonyl (C=O) groups is 8. The first-order chi connectivity index (χ1) is 69.2. The summed E-state index contributed by atoms with van der Waals surface area (Å²) in [6, 6.07) is 57.2. The van der Waals surface area contributed by atoms with Crippen LogP contribution in [-0.4, -0.2) is 202 Å². The number of carboxylic acids is 1. The molecule has 6 N–H and O–H groups in total. The van der Waals surface area contributed by atoms with Crippen molar-refractivity contribution >= 4 is 105 Å². The van der Waals surface area contributed by atoms with Gasteiger partial charge in [-0.2, -0.15) is 15.3 Å². The molecule has 2 fully saturated rings. The van der Waals surface area contributed by atoms with E-state index in [9.17, 15) is 114 Å². The number of alkyl halides is 15. The molecule has 2 unspecified atom stereocenters. The number of morpholine rings is 2. The van der Waals surface area contributed by atoms with Gasteiger partial charge in [-0.15, -0.1) is 65.9 Å². The van der Waals surface area contributed by atoms with Crippen molar-refractivity contribution in [2.75, 3.05) is 71.4 Å². The van der Waals surface area contributed by atoms with Crippen molar-refractivity contribution in [3.8, 4) is 79.6 Å². The number of nitrogens with one attached hydrogen (secondary N) is 2. The number of Topliss-reactive ketones (excluding diaryl/α,β-unsaturated/α-hetero) is 1. The summed E-state index contributed by atoms with van der Waals surface area (Å²) in [4.78, 5) is 92.3. The number of aromatic carboxylic acids is 1. The van der Waals surface area contributed by atoms with E-state index in [0.29, 0.717) is 97.1 Å². The Morgan fingerprint density at radius 1 is 0.432 bits per heavy atom. The monoisotopic (exact) mass is 2390 g/mol. The number of carbonyl (C=O) groups excluding carboxylic acids is 7. The summed E-state index contributed by atoms with van der Waals surface area (Å²) in [7, 11) is 0. The van der Waals surface area contributed by atoms with Crippen molar-refractivity contribution in [1.29, 1.82) is 0 Å². The molecule has 0 aliphatic carbocycles. The van der Waals surface area contributed by atoms with Crippen LogP contribution in [0.25, 0.3) is 56.6 Å². The van der Waals surface area contributed by atoms with E-state index in [-0.39, 0.29) is 126 Å². The quantitative estimate of drug-likeness (QED) is 0.00457. The van der Waals surface area contributed by atoms with E-state index < -0.39 is 84.7 Å². The van der Waals surface area contributed by atoms with Crippen LogP contribution in [0.1, 0.15) is 95.9 Å². The smallest absolute Gasteiger partial charge is 0.507 e. The largest absolute Gasteiger partial charge is 0.573 e. The number of nitrogen functional groups attached to an aromatic ring is 1. The molecule has 1 amide bonds. The molecule has 2 aliphatic rings. The van der Waals surface area contributed by atoms with Crippen molar-refractivity contribution in [2.45, 2.75) is 92.4 Å². The fraction of sp³-hybridized carbons (Fsp3) is 0.247. The first kappa shape index (κ1) is 123. The molecule has 51 heteroatoms. The number of hydrogen-bond donors (Lipinski definition) is 5. The fourth-order valence-electron chi connectivity index (χ4n) is 12.3. The van der Waals surface area contributed by atoms with Crippen molar-refractivity contribution in [2.24, 2.45) is 5.84 Å². The third-order valence-electron chi connectivity index (χ3n) is 18.3. The maximum atomic E-state index is 13.2. The van der Waals surface area contributed by atoms with Crippen LogP contribution in [0.2, 0.25) is 20.1 Å². The van der Waals surface area contributed by atoms with Gasteiger partial charge in [-0.1, -0.05) is 131 Å². The number of aromatic nitrogens is 6. The molecule has 5 heterocycles. The van der Waals surface area contributed by atoms with E-state index in [2.05, 4.69) is 70.9 Å². The standard InChI is InChI=1S/C22H19ClF3N3O3.C19H14ClF3N2O3.C17H10ClF3N2O3.C13H11F3O5.C9H7F3O2.C6H7ClN2.C6H10O4.C5H11NO.U/c1-14-13-31-9-8-28(14)21(30)19-12-20(29(27-19)17-6-3-5-16(23)11-17)15-4-2-7-18(10-15)32-22(24,25)26;1-2-27-18(26)16-11-17(25(24-16)14-7-4-6-13(20)10-14)12-5-3-8-15(9-12)28-19(21,22)23;18-11-4-2-5-12(8-11)23-15(9-14(22-23)16(24)25)10-3-1-6-13(7-10)26-17(19,20)21;1-2-20-12(19)11(18)7-10(17)8-4-3-5-9(6-8)21-13(14,15)16;1-6(13)7-3-2-4-8(5-7)14-9(10,11)12;7-5-2-1-3-6(4-5)9-8;1-3-9-5(7)6(8)10-4-2;1-5-4-7-3-2-6-5;/h2-7,10-12,14H,8-9,13H2,1H3;3-11H,2H2,1H3;1-9H,(H,24,25);3-7,17H,2H2,1H3;2-5H,1H3;1-4,9H,8H2;3-4H2,1-2H3;5-6H,2-4H2,1H3;/b;;;10-7-;;;;;. The summed E-state index contributed by atoms with van der Waals surface area (Å²) >= 11 is 23.7. The van der Waals surface area contributed by atoms with Gasteiger partial charge in [-0.05, 0) is 200 Å². The zero-order chi connectivity index (χ0) is 109. The van der Waals surface area contributed by atoms with Crippen LogP contribution in [0, 0.1) is 31.1 Å². The normalized spacial score (nSPS) is 13.2. The van der Waals surface area contributed by atoms with Gasteiger partial charge in [-0.3, -0.25) is 20.2 Å². The van der Waals surface area contributed by atoms with Crippen molar-refractivity contribution in [1.82, 2.24) is 39.6 Å². The number of ketones is 2. The first-order valence-electron chi connectivity index (χ1n) is 42.9. The summed E-state index contributed by atoms with van der Waals surface area (Å²) in [6.07, 6.45) is -23.5. The van der Waals surface area contributed by atoms with Gasteiger partial charge in [0, 0.05) is 110 Å². The molecular weight excluding hydrogens is 2310 g/mol. The van der Waals surface area contributed by atoms with Crippen LogP contribution in [0.15, 0.2) is 243 Å². The summed E-state index contributed by atoms with van der Waals surface area (Å²) < 4.78 is 237. The average Bonchev–Trinajstić information content (AvgIpc) is 1.71. The van der Waals surface area contributed by atoms with Crippen LogP contribution >= 0.6 is 46.4 Å². The SMILES string of the molecule is CC(=O)c1cccc(OC(F)(F)F)c1.CC1COCCN1.CC1COCCN1C(=O)c1cc(-c2cccc(OC(F)(F)F)c2)n(-c2cccc(Cl)c2)n1.CCOC(=O)C(=O)/C=C(\O)c1cccc(OC(F)(F)F)c1.CCOC(=O)C(=O)OCC.CCOC(=O)c1cc(-c2cccc(OC(F)(F)F)c2)n(-c2cccc(Cl)c2)n1.NNc1cccc(Cl)c1.O=C(O)c1cc(-c2cccc(OC(F)(F)F)c2)n(-c2cccc(Cl)c2)n1.[U]. The molecule has 2 atom stereocenters. The maximum Gasteiger partial charge on any atom is 0.573 e. The van der Waals surface area contributed by atoms with Gasteiger partial charge in [0.15, 0.2) is 22.9 Å². The zero-order valence-corrected chi connectivity index (χ0v) is 85.5. The Hall–Kier alpha value is -13.9. The molecule has 790 valence electrons. The van der Waals surface area contributed by atoms with Gasteiger partial charge in [0.25, 0.3) is 11.7 Å².